The summed E-state index contributed by atoms with van der Waals surface area (Å²) in [5, 5.41) is 1.97. The van der Waals surface area contributed by atoms with Gasteiger partial charge in [-0.15, -0.1) is 0 Å². The fourth-order valence-corrected chi connectivity index (χ4v) is 0.609. The molecule has 0 spiro atoms. The van der Waals surface area contributed by atoms with Gasteiger partial charge in [0.1, 0.15) is 5.69 Å². The fourth-order valence-electron chi connectivity index (χ4n) is 0.523. The number of hydrogen-bond acceptors (Lipinski definition) is 3. The maximum Gasteiger partial charge on any atom is 0.257 e. The van der Waals surface area contributed by atoms with Crippen LogP contribution in [0.15, 0.2) is 18.6 Å². The lowest BCUT2D eigenvalue weighted by atomic mass is 10.3. The highest BCUT2D eigenvalue weighted by Gasteiger charge is 2.01. The number of Topliss-reactive ketones (excluding diaryl/α,β-unsaturated/α-hetero) is 1. The van der Waals surface area contributed by atoms with Crippen LogP contribution in [-0.2, 0) is 0 Å². The first kappa shape index (κ1) is 7.70. The van der Waals surface area contributed by atoms with Gasteiger partial charge in [-0.05, 0) is 17.5 Å². The van der Waals surface area contributed by atoms with E-state index in [2.05, 4.69) is 15.9 Å². The average molecular weight is 167 g/mol. The van der Waals surface area contributed by atoms with Gasteiger partial charge in [-0.2, -0.15) is 0 Å². The number of aromatic nitrogens is 2. The first-order valence-corrected chi connectivity index (χ1v) is 3.14. The summed E-state index contributed by atoms with van der Waals surface area (Å²) in [6.07, 6.45) is 4.23. The number of halogens is 1. The van der Waals surface area contributed by atoms with E-state index in [0.717, 1.165) is 0 Å². The highest BCUT2D eigenvalue weighted by molar-refractivity contribution is 6.32. The van der Waals surface area contributed by atoms with E-state index in [0.29, 0.717) is 0 Å². The van der Waals surface area contributed by atoms with Gasteiger partial charge >= 0.3 is 0 Å². The molecule has 1 rings (SSSR count). The summed E-state index contributed by atoms with van der Waals surface area (Å²) < 4.78 is 0. The molecule has 0 aliphatic heterocycles. The predicted molar refractivity (Wildman–Crippen MR) is 40.0 cm³/mol. The third kappa shape index (κ3) is 2.03. The number of carbonyl (C=O) groups excluding carboxylic acids is 1. The van der Waals surface area contributed by atoms with Gasteiger partial charge in [0.25, 0.3) is 5.78 Å². The van der Waals surface area contributed by atoms with Crippen molar-refractivity contribution in [2.45, 2.75) is 0 Å². The second-order valence-corrected chi connectivity index (χ2v) is 1.83. The van der Waals surface area contributed by atoms with Crippen LogP contribution >= 0.6 is 11.6 Å². The number of hydrogen-bond donors (Lipinski definition) is 0. The van der Waals surface area contributed by atoms with E-state index in [1.165, 1.54) is 18.6 Å². The summed E-state index contributed by atoms with van der Waals surface area (Å²) in [6.45, 7) is 0. The van der Waals surface area contributed by atoms with Gasteiger partial charge in [0, 0.05) is 17.8 Å². The molecule has 0 aliphatic rings. The molecule has 1 heterocycles. The summed E-state index contributed by atoms with van der Waals surface area (Å²) in [4.78, 5) is 18.3. The van der Waals surface area contributed by atoms with E-state index in [4.69, 9.17) is 11.6 Å². The molecule has 54 valence electrons. The number of rotatable bonds is 1. The van der Waals surface area contributed by atoms with Crippen LogP contribution in [0.25, 0.3) is 0 Å². The molecule has 4 heteroatoms. The molecular formula is C7H3ClN2O. The fraction of sp³-hybridized carbons (Fsp3) is 0. The Kier molecular flexibility index (Phi) is 2.59. The Balaban J connectivity index is 2.92. The van der Waals surface area contributed by atoms with Crippen molar-refractivity contribution in [3.05, 3.63) is 24.3 Å². The van der Waals surface area contributed by atoms with E-state index in [1.54, 1.807) is 0 Å². The normalized spacial score (nSPS) is 8.09. The van der Waals surface area contributed by atoms with Crippen LogP contribution < -0.4 is 0 Å². The summed E-state index contributed by atoms with van der Waals surface area (Å²) in [7, 11) is 0. The average Bonchev–Trinajstić information content (AvgIpc) is 2.07. The molecule has 11 heavy (non-hydrogen) atoms. The molecule has 3 nitrogen and oxygen atoms in total. The molecule has 1 aromatic heterocycles. The topological polar surface area (TPSA) is 42.9 Å². The predicted octanol–water partition coefficient (Wildman–Crippen LogP) is 0.859. The Bertz CT molecular complexity index is 312. The van der Waals surface area contributed by atoms with E-state index < -0.39 is 5.78 Å². The Morgan fingerprint density at radius 3 is 2.91 bits per heavy atom. The monoisotopic (exact) mass is 166 g/mol. The zero-order chi connectivity index (χ0) is 8.10. The van der Waals surface area contributed by atoms with Gasteiger partial charge in [-0.3, -0.25) is 9.78 Å². The molecule has 0 N–H and O–H groups in total. The van der Waals surface area contributed by atoms with Crippen LogP contribution in [0, 0.1) is 11.3 Å². The molecule has 0 bridgehead atoms. The summed E-state index contributed by atoms with van der Waals surface area (Å²) in [5.74, 6) is 1.71. The molecule has 0 radical (unpaired) electrons. The third-order valence-electron chi connectivity index (χ3n) is 0.957. The summed E-state index contributed by atoms with van der Waals surface area (Å²) >= 11 is 5.02. The first-order chi connectivity index (χ1) is 5.34. The number of nitrogens with zero attached hydrogens (tertiary/aromatic N) is 2. The highest BCUT2D eigenvalue weighted by atomic mass is 35.5. The molecule has 0 unspecified atom stereocenters. The summed E-state index contributed by atoms with van der Waals surface area (Å²) in [6, 6.07) is 0. The van der Waals surface area contributed by atoms with Crippen molar-refractivity contribution < 1.29 is 4.79 Å². The molecule has 0 amide bonds. The molecule has 0 saturated heterocycles. The summed E-state index contributed by atoms with van der Waals surface area (Å²) in [5.41, 5.74) is 0.209. The smallest absolute Gasteiger partial charge is 0.257 e. The Morgan fingerprint density at radius 2 is 2.36 bits per heavy atom. The van der Waals surface area contributed by atoms with Crippen molar-refractivity contribution >= 4 is 17.4 Å². The lowest BCUT2D eigenvalue weighted by Crippen LogP contribution is -1.98. The van der Waals surface area contributed by atoms with Gasteiger partial charge in [0.2, 0.25) is 0 Å². The van der Waals surface area contributed by atoms with Crippen LogP contribution in [0.2, 0.25) is 0 Å². The van der Waals surface area contributed by atoms with E-state index >= 15 is 0 Å². The molecular weight excluding hydrogens is 164 g/mol. The quantitative estimate of drug-likeness (QED) is 0.459. The van der Waals surface area contributed by atoms with Gasteiger partial charge in [0.05, 0.1) is 6.20 Å². The minimum absolute atomic E-state index is 0.209. The van der Waals surface area contributed by atoms with Gasteiger partial charge < -0.3 is 0 Å². The standard InChI is InChI=1S/C7H3ClN2O/c8-2-1-7(11)6-5-9-3-4-10-6/h3-5H. The van der Waals surface area contributed by atoms with Crippen LogP contribution in [0.3, 0.4) is 0 Å². The van der Waals surface area contributed by atoms with Crippen molar-refractivity contribution in [1.82, 2.24) is 9.97 Å². The SMILES string of the molecule is O=C(C#CCl)c1cnccn1. The second kappa shape index (κ2) is 3.69. The lowest BCUT2D eigenvalue weighted by Gasteiger charge is -1.87. The van der Waals surface area contributed by atoms with Crippen molar-refractivity contribution in [1.29, 1.82) is 0 Å². The Labute approximate surface area is 68.4 Å². The molecule has 0 aromatic carbocycles. The minimum atomic E-state index is -0.423. The minimum Gasteiger partial charge on any atom is -0.277 e. The van der Waals surface area contributed by atoms with Gasteiger partial charge in [-0.1, -0.05) is 0 Å². The van der Waals surface area contributed by atoms with Gasteiger partial charge in [0.15, 0.2) is 0 Å². The number of carbonyl (C=O) groups is 1. The molecule has 0 saturated carbocycles. The molecule has 0 aliphatic carbocycles. The maximum atomic E-state index is 10.9. The van der Waals surface area contributed by atoms with Crippen LogP contribution in [-0.4, -0.2) is 15.8 Å². The largest absolute Gasteiger partial charge is 0.277 e. The zero-order valence-corrected chi connectivity index (χ0v) is 6.17. The van der Waals surface area contributed by atoms with E-state index in [9.17, 15) is 4.79 Å². The Morgan fingerprint density at radius 1 is 1.55 bits per heavy atom. The van der Waals surface area contributed by atoms with Crippen molar-refractivity contribution in [2.75, 3.05) is 0 Å². The van der Waals surface area contributed by atoms with E-state index in [-0.39, 0.29) is 5.69 Å². The van der Waals surface area contributed by atoms with Crippen LogP contribution in [0.4, 0.5) is 0 Å². The maximum absolute atomic E-state index is 10.9. The van der Waals surface area contributed by atoms with Crippen LogP contribution in [0.5, 0.6) is 0 Å². The highest BCUT2D eigenvalue weighted by Crippen LogP contribution is 1.90. The van der Waals surface area contributed by atoms with Gasteiger partial charge in [-0.25, -0.2) is 4.98 Å². The molecule has 0 atom stereocenters. The lowest BCUT2D eigenvalue weighted by molar-refractivity contribution is 0.105. The zero-order valence-electron chi connectivity index (χ0n) is 5.41. The third-order valence-corrected chi connectivity index (χ3v) is 1.05. The van der Waals surface area contributed by atoms with Crippen molar-refractivity contribution in [3.8, 4) is 11.3 Å². The first-order valence-electron chi connectivity index (χ1n) is 2.76. The van der Waals surface area contributed by atoms with E-state index in [1.807, 2.05) is 5.38 Å². The second-order valence-electron chi connectivity index (χ2n) is 1.64. The molecule has 0 fully saturated rings. The molecule has 1 aromatic rings. The van der Waals surface area contributed by atoms with Crippen molar-refractivity contribution in [3.63, 3.8) is 0 Å². The van der Waals surface area contributed by atoms with Crippen LogP contribution in [0.1, 0.15) is 10.5 Å². The Hall–Kier alpha value is -1.40. The number of ketones is 1. The van der Waals surface area contributed by atoms with Crippen molar-refractivity contribution in [2.24, 2.45) is 0 Å².